The monoisotopic (exact) mass is 342 g/mol. The Morgan fingerprint density at radius 3 is 2.36 bits per heavy atom. The van der Waals surface area contributed by atoms with Gasteiger partial charge in [-0.15, -0.1) is 0 Å². The van der Waals surface area contributed by atoms with Crippen molar-refractivity contribution in [3.8, 4) is 0 Å². The first kappa shape index (κ1) is 19.3. The van der Waals surface area contributed by atoms with Crippen LogP contribution < -0.4 is 5.32 Å². The molecule has 1 heterocycles. The Morgan fingerprint density at radius 2 is 1.76 bits per heavy atom. The zero-order valence-electron chi connectivity index (χ0n) is 16.0. The fourth-order valence-corrected chi connectivity index (χ4v) is 2.53. The van der Waals surface area contributed by atoms with Crippen LogP contribution in [-0.4, -0.2) is 22.9 Å². The second-order valence-electron chi connectivity index (χ2n) is 7.03. The van der Waals surface area contributed by atoms with Gasteiger partial charge in [0.1, 0.15) is 5.76 Å². The summed E-state index contributed by atoms with van der Waals surface area (Å²) in [6, 6.07) is 12.8. The van der Waals surface area contributed by atoms with Crippen molar-refractivity contribution in [3.63, 3.8) is 0 Å². The van der Waals surface area contributed by atoms with Gasteiger partial charge in [-0.05, 0) is 51.8 Å². The predicted octanol–water partition coefficient (Wildman–Crippen LogP) is 4.53. The Morgan fingerprint density at radius 1 is 1.08 bits per heavy atom. The Balaban J connectivity index is 2.02. The molecule has 4 nitrogen and oxygen atoms in total. The number of furan rings is 1. The lowest BCUT2D eigenvalue weighted by Crippen LogP contribution is -2.31. The summed E-state index contributed by atoms with van der Waals surface area (Å²) in [5.74, 6) is 1.06. The molecule has 1 unspecified atom stereocenters. The summed E-state index contributed by atoms with van der Waals surface area (Å²) in [5, 5.41) is 2.93. The van der Waals surface area contributed by atoms with E-state index in [1.165, 1.54) is 11.1 Å². The molecule has 1 aromatic heterocycles. The highest BCUT2D eigenvalue weighted by molar-refractivity contribution is 5.91. The lowest BCUT2D eigenvalue weighted by atomic mass is 10.1. The summed E-state index contributed by atoms with van der Waals surface area (Å²) in [6.07, 6.45) is 0.900. The standard InChI is InChI=1S/C21H30N2O2/c1-6-17(5)22-21(24)20-12-11-19(25-20)14-23(15(2)3)13-18-9-7-16(4)8-10-18/h7-12,15,17H,6,13-14H2,1-5H3,(H,22,24). The normalized spacial score (nSPS) is 12.6. The van der Waals surface area contributed by atoms with Crippen LogP contribution in [0.25, 0.3) is 0 Å². The maximum atomic E-state index is 12.2. The maximum absolute atomic E-state index is 12.2. The lowest BCUT2D eigenvalue weighted by molar-refractivity contribution is 0.0906. The molecule has 0 aliphatic rings. The maximum Gasteiger partial charge on any atom is 0.287 e. The first-order valence-corrected chi connectivity index (χ1v) is 9.08. The molecular weight excluding hydrogens is 312 g/mol. The van der Waals surface area contributed by atoms with Gasteiger partial charge in [0.25, 0.3) is 5.91 Å². The number of rotatable bonds is 8. The van der Waals surface area contributed by atoms with Crippen LogP contribution in [0.3, 0.4) is 0 Å². The third kappa shape index (κ3) is 5.75. The summed E-state index contributed by atoms with van der Waals surface area (Å²) in [5.41, 5.74) is 2.54. The molecule has 2 aromatic rings. The molecule has 0 aliphatic carbocycles. The Hall–Kier alpha value is -2.07. The second kappa shape index (κ2) is 8.86. The van der Waals surface area contributed by atoms with Crippen molar-refractivity contribution in [2.75, 3.05) is 0 Å². The highest BCUT2D eigenvalue weighted by Gasteiger charge is 2.16. The van der Waals surface area contributed by atoms with Crippen LogP contribution in [0.5, 0.6) is 0 Å². The minimum atomic E-state index is -0.143. The highest BCUT2D eigenvalue weighted by Crippen LogP contribution is 2.16. The molecular formula is C21H30N2O2. The predicted molar refractivity (Wildman–Crippen MR) is 101 cm³/mol. The van der Waals surface area contributed by atoms with Gasteiger partial charge in [-0.3, -0.25) is 9.69 Å². The number of amides is 1. The van der Waals surface area contributed by atoms with Gasteiger partial charge in [-0.2, -0.15) is 0 Å². The SMILES string of the molecule is CCC(C)NC(=O)c1ccc(CN(Cc2ccc(C)cc2)C(C)C)o1. The number of aryl methyl sites for hydroxylation is 1. The van der Waals surface area contributed by atoms with Crippen molar-refractivity contribution < 1.29 is 9.21 Å². The third-order valence-electron chi connectivity index (χ3n) is 4.47. The molecule has 25 heavy (non-hydrogen) atoms. The number of carbonyl (C=O) groups excluding carboxylic acids is 1. The summed E-state index contributed by atoms with van der Waals surface area (Å²) in [4.78, 5) is 14.5. The van der Waals surface area contributed by atoms with Crippen LogP contribution in [0.1, 0.15) is 61.6 Å². The lowest BCUT2D eigenvalue weighted by Gasteiger charge is -2.25. The van der Waals surface area contributed by atoms with Gasteiger partial charge >= 0.3 is 0 Å². The second-order valence-corrected chi connectivity index (χ2v) is 7.03. The van der Waals surface area contributed by atoms with Crippen molar-refractivity contribution in [1.82, 2.24) is 10.2 Å². The molecule has 0 saturated heterocycles. The summed E-state index contributed by atoms with van der Waals surface area (Å²) in [7, 11) is 0. The zero-order chi connectivity index (χ0) is 18.4. The Kier molecular flexibility index (Phi) is 6.82. The Labute approximate surface area is 151 Å². The van der Waals surface area contributed by atoms with E-state index in [2.05, 4.69) is 55.3 Å². The first-order chi connectivity index (χ1) is 11.9. The zero-order valence-corrected chi connectivity index (χ0v) is 16.0. The van der Waals surface area contributed by atoms with Gasteiger partial charge in [0.15, 0.2) is 5.76 Å². The van der Waals surface area contributed by atoms with Crippen LogP contribution in [0.4, 0.5) is 0 Å². The van der Waals surface area contributed by atoms with E-state index >= 15 is 0 Å². The van der Waals surface area contributed by atoms with Crippen LogP contribution in [-0.2, 0) is 13.1 Å². The molecule has 1 amide bonds. The molecule has 0 radical (unpaired) electrons. The molecule has 1 atom stereocenters. The Bertz CT molecular complexity index is 673. The van der Waals surface area contributed by atoms with Gasteiger partial charge in [0.05, 0.1) is 6.54 Å². The van der Waals surface area contributed by atoms with Crippen LogP contribution in [0, 0.1) is 6.92 Å². The fraction of sp³-hybridized carbons (Fsp3) is 0.476. The summed E-state index contributed by atoms with van der Waals surface area (Å²) in [6.45, 7) is 12.0. The number of nitrogens with zero attached hydrogens (tertiary/aromatic N) is 1. The smallest absolute Gasteiger partial charge is 0.287 e. The van der Waals surface area contributed by atoms with E-state index in [1.54, 1.807) is 6.07 Å². The molecule has 0 fully saturated rings. The van der Waals surface area contributed by atoms with Gasteiger partial charge in [-0.25, -0.2) is 0 Å². The minimum absolute atomic E-state index is 0.143. The van der Waals surface area contributed by atoms with Gasteiger partial charge in [-0.1, -0.05) is 36.8 Å². The summed E-state index contributed by atoms with van der Waals surface area (Å²) < 4.78 is 5.77. The van der Waals surface area contributed by atoms with Crippen LogP contribution >= 0.6 is 0 Å². The summed E-state index contributed by atoms with van der Waals surface area (Å²) >= 11 is 0. The van der Waals surface area contributed by atoms with E-state index in [0.29, 0.717) is 18.3 Å². The number of hydrogen-bond donors (Lipinski definition) is 1. The largest absolute Gasteiger partial charge is 0.455 e. The van der Waals surface area contributed by atoms with Gasteiger partial charge < -0.3 is 9.73 Å². The minimum Gasteiger partial charge on any atom is -0.455 e. The van der Waals surface area contributed by atoms with E-state index in [4.69, 9.17) is 4.42 Å². The number of carbonyl (C=O) groups is 1. The molecule has 2 rings (SSSR count). The van der Waals surface area contributed by atoms with Crippen molar-refractivity contribution in [2.24, 2.45) is 0 Å². The quantitative estimate of drug-likeness (QED) is 0.767. The average Bonchev–Trinajstić information content (AvgIpc) is 3.04. The van der Waals surface area contributed by atoms with E-state index in [1.807, 2.05) is 19.9 Å². The van der Waals surface area contributed by atoms with Crippen molar-refractivity contribution in [2.45, 2.75) is 66.2 Å². The molecule has 0 aliphatic heterocycles. The van der Waals surface area contributed by atoms with E-state index < -0.39 is 0 Å². The van der Waals surface area contributed by atoms with E-state index in [9.17, 15) is 4.79 Å². The first-order valence-electron chi connectivity index (χ1n) is 9.08. The third-order valence-corrected chi connectivity index (χ3v) is 4.47. The molecule has 4 heteroatoms. The van der Waals surface area contributed by atoms with E-state index in [0.717, 1.165) is 18.7 Å². The fourth-order valence-electron chi connectivity index (χ4n) is 2.53. The molecule has 0 bridgehead atoms. The van der Waals surface area contributed by atoms with Gasteiger partial charge in [0.2, 0.25) is 0 Å². The molecule has 0 saturated carbocycles. The molecule has 1 N–H and O–H groups in total. The molecule has 1 aromatic carbocycles. The molecule has 0 spiro atoms. The number of hydrogen-bond acceptors (Lipinski definition) is 3. The van der Waals surface area contributed by atoms with Crippen LogP contribution in [0.15, 0.2) is 40.8 Å². The van der Waals surface area contributed by atoms with Gasteiger partial charge in [0, 0.05) is 18.6 Å². The van der Waals surface area contributed by atoms with Crippen LogP contribution in [0.2, 0.25) is 0 Å². The number of benzene rings is 1. The number of nitrogens with one attached hydrogen (secondary N) is 1. The topological polar surface area (TPSA) is 45.5 Å². The van der Waals surface area contributed by atoms with Crippen molar-refractivity contribution in [3.05, 3.63) is 59.0 Å². The molecule has 136 valence electrons. The van der Waals surface area contributed by atoms with Crippen molar-refractivity contribution in [1.29, 1.82) is 0 Å². The highest BCUT2D eigenvalue weighted by atomic mass is 16.4. The van der Waals surface area contributed by atoms with Crippen molar-refractivity contribution >= 4 is 5.91 Å². The van der Waals surface area contributed by atoms with E-state index in [-0.39, 0.29) is 11.9 Å². The average molecular weight is 342 g/mol.